The number of ether oxygens (including phenoxy) is 2. The van der Waals surface area contributed by atoms with Gasteiger partial charge in [0.25, 0.3) is 5.91 Å². The van der Waals surface area contributed by atoms with Crippen LogP contribution in [0.4, 0.5) is 11.4 Å². The number of hydrogen-bond acceptors (Lipinski definition) is 6. The first-order chi connectivity index (χ1) is 17.4. The van der Waals surface area contributed by atoms with Gasteiger partial charge in [-0.25, -0.2) is 5.43 Å². The van der Waals surface area contributed by atoms with E-state index in [0.717, 1.165) is 5.56 Å². The summed E-state index contributed by atoms with van der Waals surface area (Å²) in [5.41, 5.74) is 4.49. The van der Waals surface area contributed by atoms with Crippen molar-refractivity contribution < 1.29 is 23.9 Å². The molecule has 0 radical (unpaired) electrons. The van der Waals surface area contributed by atoms with Crippen LogP contribution in [-0.2, 0) is 14.4 Å². The fourth-order valence-electron chi connectivity index (χ4n) is 3.00. The average Bonchev–Trinajstić information content (AvgIpc) is 2.86. The second-order valence-electron chi connectivity index (χ2n) is 7.44. The Bertz CT molecular complexity index is 1260. The van der Waals surface area contributed by atoms with Gasteiger partial charge in [-0.05, 0) is 67.9 Å². The summed E-state index contributed by atoms with van der Waals surface area (Å²) in [6, 6.07) is 18.7. The van der Waals surface area contributed by atoms with E-state index in [-0.39, 0.29) is 12.5 Å². The number of anilines is 2. The third-order valence-electron chi connectivity index (χ3n) is 4.75. The molecular formula is C26H25ClN4O5. The molecule has 3 rings (SSSR count). The topological polar surface area (TPSA) is 118 Å². The normalized spacial score (nSPS) is 10.5. The molecule has 3 N–H and O–H groups in total. The summed E-state index contributed by atoms with van der Waals surface area (Å²) in [5.74, 6) is -1.18. The number of nitrogens with zero attached hydrogens (tertiary/aromatic N) is 1. The van der Waals surface area contributed by atoms with Crippen molar-refractivity contribution in [3.8, 4) is 11.5 Å². The van der Waals surface area contributed by atoms with Gasteiger partial charge in [0.2, 0.25) is 0 Å². The van der Waals surface area contributed by atoms with Gasteiger partial charge in [-0.3, -0.25) is 14.4 Å². The molecule has 186 valence electrons. The van der Waals surface area contributed by atoms with Crippen molar-refractivity contribution in [1.29, 1.82) is 0 Å². The molecule has 3 aromatic rings. The Labute approximate surface area is 213 Å². The van der Waals surface area contributed by atoms with Crippen molar-refractivity contribution in [2.24, 2.45) is 5.10 Å². The van der Waals surface area contributed by atoms with Crippen LogP contribution in [0.1, 0.15) is 18.1 Å². The maximum atomic E-state index is 12.3. The zero-order valence-electron chi connectivity index (χ0n) is 19.7. The number of amides is 3. The number of aryl methyl sites for hydroxylation is 1. The second kappa shape index (κ2) is 12.9. The van der Waals surface area contributed by atoms with Crippen LogP contribution < -0.4 is 25.5 Å². The van der Waals surface area contributed by atoms with Gasteiger partial charge in [0.05, 0.1) is 12.8 Å². The Kier molecular flexibility index (Phi) is 9.41. The van der Waals surface area contributed by atoms with E-state index in [2.05, 4.69) is 21.2 Å². The Balaban J connectivity index is 1.56. The molecule has 0 heterocycles. The highest BCUT2D eigenvalue weighted by Gasteiger charge is 2.14. The highest BCUT2D eigenvalue weighted by atomic mass is 35.5. The average molecular weight is 509 g/mol. The second-order valence-corrected chi connectivity index (χ2v) is 7.88. The molecule has 3 amide bonds. The quantitative estimate of drug-likeness (QED) is 0.228. The number of halogens is 1. The van der Waals surface area contributed by atoms with E-state index in [4.69, 9.17) is 21.1 Å². The molecule has 3 aromatic carbocycles. The highest BCUT2D eigenvalue weighted by Crippen LogP contribution is 2.22. The number of carbonyl (C=O) groups is 3. The standard InChI is InChI=1S/C26H25ClN4O5/c1-3-35-21-11-9-20(10-12-21)29-24(32)16-36-23-13-8-19(27)14-18(23)15-28-31-26(34)25(33)30-22-7-5-4-6-17(22)2/h4-15H,3,16H2,1-2H3,(H,29,32)(H,30,33)(H,31,34)/b28-15-. The Hall–Kier alpha value is -4.37. The lowest BCUT2D eigenvalue weighted by atomic mass is 10.2. The van der Waals surface area contributed by atoms with E-state index in [9.17, 15) is 14.4 Å². The van der Waals surface area contributed by atoms with Crippen LogP contribution in [0.2, 0.25) is 5.02 Å². The number of carbonyl (C=O) groups excluding carboxylic acids is 3. The predicted octanol–water partition coefficient (Wildman–Crippen LogP) is 4.15. The molecule has 9 nitrogen and oxygen atoms in total. The summed E-state index contributed by atoms with van der Waals surface area (Å²) < 4.78 is 11.0. The molecule has 0 aliphatic carbocycles. The van der Waals surface area contributed by atoms with Gasteiger partial charge in [0.1, 0.15) is 11.5 Å². The van der Waals surface area contributed by atoms with Crippen LogP contribution >= 0.6 is 11.6 Å². The molecule has 0 saturated heterocycles. The van der Waals surface area contributed by atoms with Gasteiger partial charge in [0.15, 0.2) is 6.61 Å². The summed E-state index contributed by atoms with van der Waals surface area (Å²) in [6.07, 6.45) is 1.27. The zero-order valence-corrected chi connectivity index (χ0v) is 20.5. The molecule has 0 bridgehead atoms. The summed E-state index contributed by atoms with van der Waals surface area (Å²) in [6.45, 7) is 3.97. The van der Waals surface area contributed by atoms with Crippen molar-refractivity contribution in [2.75, 3.05) is 23.8 Å². The molecule has 10 heteroatoms. The molecule has 0 fully saturated rings. The van der Waals surface area contributed by atoms with Crippen LogP contribution in [0.5, 0.6) is 11.5 Å². The number of benzene rings is 3. The van der Waals surface area contributed by atoms with Gasteiger partial charge >= 0.3 is 11.8 Å². The number of hydrogen-bond donors (Lipinski definition) is 3. The molecule has 0 saturated carbocycles. The van der Waals surface area contributed by atoms with Crippen molar-refractivity contribution in [1.82, 2.24) is 5.43 Å². The Morgan fingerprint density at radius 3 is 2.42 bits per heavy atom. The van der Waals surface area contributed by atoms with E-state index >= 15 is 0 Å². The lowest BCUT2D eigenvalue weighted by Crippen LogP contribution is -2.32. The molecule has 0 aliphatic rings. The fraction of sp³-hybridized carbons (Fsp3) is 0.154. The molecular weight excluding hydrogens is 484 g/mol. The number of nitrogens with one attached hydrogen (secondary N) is 3. The number of rotatable bonds is 9. The first kappa shape index (κ1) is 26.2. The van der Waals surface area contributed by atoms with E-state index in [1.165, 1.54) is 6.21 Å². The largest absolute Gasteiger partial charge is 0.494 e. The smallest absolute Gasteiger partial charge is 0.329 e. The number of hydrazone groups is 1. The van der Waals surface area contributed by atoms with Crippen LogP contribution in [0.25, 0.3) is 0 Å². The maximum Gasteiger partial charge on any atom is 0.329 e. The minimum Gasteiger partial charge on any atom is -0.494 e. The third kappa shape index (κ3) is 7.85. The van der Waals surface area contributed by atoms with Crippen molar-refractivity contribution >= 4 is 46.9 Å². The van der Waals surface area contributed by atoms with Crippen molar-refractivity contribution in [3.63, 3.8) is 0 Å². The maximum absolute atomic E-state index is 12.3. The van der Waals surface area contributed by atoms with E-state index in [1.54, 1.807) is 54.6 Å². The molecule has 0 spiro atoms. The highest BCUT2D eigenvalue weighted by molar-refractivity contribution is 6.39. The number of para-hydroxylation sites is 1. The first-order valence-corrected chi connectivity index (χ1v) is 11.4. The third-order valence-corrected chi connectivity index (χ3v) is 4.98. The predicted molar refractivity (Wildman–Crippen MR) is 139 cm³/mol. The van der Waals surface area contributed by atoms with Gasteiger partial charge in [0, 0.05) is 22.0 Å². The summed E-state index contributed by atoms with van der Waals surface area (Å²) >= 11 is 6.06. The SMILES string of the molecule is CCOc1ccc(NC(=O)COc2ccc(Cl)cc2/C=N\NC(=O)C(=O)Nc2ccccc2C)cc1. The first-order valence-electron chi connectivity index (χ1n) is 11.0. The zero-order chi connectivity index (χ0) is 25.9. The van der Waals surface area contributed by atoms with E-state index < -0.39 is 11.8 Å². The lowest BCUT2D eigenvalue weighted by molar-refractivity contribution is -0.136. The summed E-state index contributed by atoms with van der Waals surface area (Å²) in [7, 11) is 0. The molecule has 0 aliphatic heterocycles. The molecule has 0 aromatic heterocycles. The van der Waals surface area contributed by atoms with Crippen LogP contribution in [0, 0.1) is 6.92 Å². The van der Waals surface area contributed by atoms with E-state index in [0.29, 0.717) is 40.1 Å². The van der Waals surface area contributed by atoms with Gasteiger partial charge < -0.3 is 20.1 Å². The molecule has 0 atom stereocenters. The van der Waals surface area contributed by atoms with Gasteiger partial charge in [-0.15, -0.1) is 0 Å². The van der Waals surface area contributed by atoms with Crippen LogP contribution in [0.15, 0.2) is 71.8 Å². The lowest BCUT2D eigenvalue weighted by Gasteiger charge is -2.11. The fourth-order valence-corrected chi connectivity index (χ4v) is 3.18. The van der Waals surface area contributed by atoms with Gasteiger partial charge in [-0.2, -0.15) is 5.10 Å². The summed E-state index contributed by atoms with van der Waals surface area (Å²) in [4.78, 5) is 36.5. The van der Waals surface area contributed by atoms with Crippen molar-refractivity contribution in [3.05, 3.63) is 82.9 Å². The minimum atomic E-state index is -0.950. The van der Waals surface area contributed by atoms with Crippen LogP contribution in [-0.4, -0.2) is 37.1 Å². The Morgan fingerprint density at radius 1 is 0.944 bits per heavy atom. The van der Waals surface area contributed by atoms with Gasteiger partial charge in [-0.1, -0.05) is 29.8 Å². The Morgan fingerprint density at radius 2 is 1.69 bits per heavy atom. The van der Waals surface area contributed by atoms with Crippen LogP contribution in [0.3, 0.4) is 0 Å². The van der Waals surface area contributed by atoms with E-state index in [1.807, 2.05) is 26.0 Å². The monoisotopic (exact) mass is 508 g/mol. The van der Waals surface area contributed by atoms with Crippen molar-refractivity contribution in [2.45, 2.75) is 13.8 Å². The minimum absolute atomic E-state index is 0.277. The summed E-state index contributed by atoms with van der Waals surface area (Å²) in [5, 5.41) is 9.45. The molecule has 36 heavy (non-hydrogen) atoms. The molecule has 0 unspecified atom stereocenters.